The van der Waals surface area contributed by atoms with Crippen LogP contribution in [0, 0.1) is 18.6 Å². The van der Waals surface area contributed by atoms with Crippen LogP contribution >= 0.6 is 0 Å². The minimum Gasteiger partial charge on any atom is -0.307 e. The fourth-order valence-corrected chi connectivity index (χ4v) is 3.43. The Bertz CT molecular complexity index is 860. The Hall–Kier alpha value is -2.08. The van der Waals surface area contributed by atoms with Gasteiger partial charge in [0.05, 0.1) is 11.4 Å². The number of halogens is 2. The zero-order chi connectivity index (χ0) is 15.7. The number of hydrogen-bond acceptors (Lipinski definition) is 2. The lowest BCUT2D eigenvalue weighted by molar-refractivity contribution is 0.507. The van der Waals surface area contributed by atoms with Gasteiger partial charge in [0.25, 0.3) is 0 Å². The van der Waals surface area contributed by atoms with E-state index < -0.39 is 22.4 Å². The maximum Gasteiger partial charge on any atom is 0.159 e. The second-order valence-electron chi connectivity index (χ2n) is 5.13. The van der Waals surface area contributed by atoms with Crippen LogP contribution in [-0.2, 0) is 22.3 Å². The molecule has 0 fully saturated rings. The molecule has 0 radical (unpaired) electrons. The SMILES string of the molecule is Cc1cccn2cc(CS(=O)Cc3ccc(F)c(F)c3)nc12. The van der Waals surface area contributed by atoms with E-state index in [0.29, 0.717) is 5.56 Å². The first-order valence-corrected chi connectivity index (χ1v) is 8.24. The van der Waals surface area contributed by atoms with E-state index in [2.05, 4.69) is 4.98 Å². The van der Waals surface area contributed by atoms with Crippen molar-refractivity contribution in [2.45, 2.75) is 18.4 Å². The van der Waals surface area contributed by atoms with Crippen molar-refractivity contribution in [1.82, 2.24) is 9.38 Å². The number of rotatable bonds is 4. The summed E-state index contributed by atoms with van der Waals surface area (Å²) in [4.78, 5) is 4.46. The van der Waals surface area contributed by atoms with Gasteiger partial charge in [0, 0.05) is 28.9 Å². The Morgan fingerprint density at radius 1 is 1.18 bits per heavy atom. The second-order valence-corrected chi connectivity index (χ2v) is 6.59. The van der Waals surface area contributed by atoms with Gasteiger partial charge in [-0.05, 0) is 36.2 Å². The van der Waals surface area contributed by atoms with E-state index in [1.807, 2.05) is 35.9 Å². The number of imidazole rings is 1. The first kappa shape index (κ1) is 14.8. The Morgan fingerprint density at radius 3 is 2.73 bits per heavy atom. The lowest BCUT2D eigenvalue weighted by Gasteiger charge is -2.01. The van der Waals surface area contributed by atoms with E-state index in [-0.39, 0.29) is 11.5 Å². The van der Waals surface area contributed by atoms with Crippen molar-refractivity contribution in [3.63, 3.8) is 0 Å². The van der Waals surface area contributed by atoms with Gasteiger partial charge in [-0.1, -0.05) is 12.1 Å². The van der Waals surface area contributed by atoms with Crippen molar-refractivity contribution in [3.05, 3.63) is 71.2 Å². The summed E-state index contributed by atoms with van der Waals surface area (Å²) < 4.78 is 40.1. The van der Waals surface area contributed by atoms with Crippen LogP contribution in [0.4, 0.5) is 8.78 Å². The smallest absolute Gasteiger partial charge is 0.159 e. The van der Waals surface area contributed by atoms with Crippen LogP contribution in [0.3, 0.4) is 0 Å². The van der Waals surface area contributed by atoms with Gasteiger partial charge in [0.1, 0.15) is 5.65 Å². The number of hydrogen-bond donors (Lipinski definition) is 0. The molecule has 1 aromatic carbocycles. The molecule has 0 spiro atoms. The molecule has 1 atom stereocenters. The summed E-state index contributed by atoms with van der Waals surface area (Å²) in [6.07, 6.45) is 3.72. The van der Waals surface area contributed by atoms with Gasteiger partial charge in [-0.3, -0.25) is 4.21 Å². The van der Waals surface area contributed by atoms with Crippen LogP contribution in [0.5, 0.6) is 0 Å². The standard InChI is InChI=1S/C16H14F2N2OS/c1-11-3-2-6-20-8-13(19-16(11)20)10-22(21)9-12-4-5-14(17)15(18)7-12/h2-8H,9-10H2,1H3. The molecule has 3 nitrogen and oxygen atoms in total. The predicted octanol–water partition coefficient (Wildman–Crippen LogP) is 3.37. The number of pyridine rings is 1. The molecule has 3 aromatic rings. The highest BCUT2D eigenvalue weighted by Gasteiger charge is 2.10. The highest BCUT2D eigenvalue weighted by atomic mass is 32.2. The Labute approximate surface area is 129 Å². The molecule has 0 aliphatic carbocycles. The maximum absolute atomic E-state index is 13.2. The van der Waals surface area contributed by atoms with Gasteiger partial charge < -0.3 is 4.40 Å². The minimum atomic E-state index is -1.24. The van der Waals surface area contributed by atoms with E-state index >= 15 is 0 Å². The van der Waals surface area contributed by atoms with Crippen molar-refractivity contribution < 1.29 is 13.0 Å². The van der Waals surface area contributed by atoms with Gasteiger partial charge in [0.15, 0.2) is 11.6 Å². The van der Waals surface area contributed by atoms with Gasteiger partial charge in [0.2, 0.25) is 0 Å². The Morgan fingerprint density at radius 2 is 2.00 bits per heavy atom. The van der Waals surface area contributed by atoms with Crippen molar-refractivity contribution in [1.29, 1.82) is 0 Å². The largest absolute Gasteiger partial charge is 0.307 e. The van der Waals surface area contributed by atoms with Crippen LogP contribution in [-0.4, -0.2) is 13.6 Å². The third-order valence-corrected chi connectivity index (χ3v) is 4.62. The predicted molar refractivity (Wildman–Crippen MR) is 81.8 cm³/mol. The Balaban J connectivity index is 1.75. The van der Waals surface area contributed by atoms with E-state index in [4.69, 9.17) is 0 Å². The molecule has 0 saturated heterocycles. The number of aromatic nitrogens is 2. The van der Waals surface area contributed by atoms with Crippen LogP contribution < -0.4 is 0 Å². The van der Waals surface area contributed by atoms with Gasteiger partial charge >= 0.3 is 0 Å². The highest BCUT2D eigenvalue weighted by Crippen LogP contribution is 2.14. The fourth-order valence-electron chi connectivity index (χ4n) is 2.31. The lowest BCUT2D eigenvalue weighted by Crippen LogP contribution is -2.00. The second kappa shape index (κ2) is 5.96. The Kier molecular flexibility index (Phi) is 4.02. The molecule has 0 N–H and O–H groups in total. The van der Waals surface area contributed by atoms with Crippen molar-refractivity contribution in [3.8, 4) is 0 Å². The number of aryl methyl sites for hydroxylation is 1. The minimum absolute atomic E-state index is 0.171. The average molecular weight is 320 g/mol. The van der Waals surface area contributed by atoms with Crippen molar-refractivity contribution in [2.24, 2.45) is 0 Å². The highest BCUT2D eigenvalue weighted by molar-refractivity contribution is 7.83. The average Bonchev–Trinajstić information content (AvgIpc) is 2.87. The molecule has 2 aromatic heterocycles. The first-order chi connectivity index (χ1) is 10.5. The van der Waals surface area contributed by atoms with E-state index in [9.17, 15) is 13.0 Å². The summed E-state index contributed by atoms with van der Waals surface area (Å²) in [5.41, 5.74) is 3.11. The fraction of sp³-hybridized carbons (Fsp3) is 0.188. The van der Waals surface area contributed by atoms with E-state index in [1.165, 1.54) is 6.07 Å². The molecule has 0 aliphatic rings. The summed E-state index contributed by atoms with van der Waals surface area (Å²) in [6.45, 7) is 1.96. The quantitative estimate of drug-likeness (QED) is 0.739. The van der Waals surface area contributed by atoms with Crippen LogP contribution in [0.15, 0.2) is 42.7 Å². The summed E-state index contributed by atoms with van der Waals surface area (Å²) in [5.74, 6) is -1.37. The molecule has 0 bridgehead atoms. The normalized spacial score (nSPS) is 12.7. The molecule has 22 heavy (non-hydrogen) atoms. The number of benzene rings is 1. The topological polar surface area (TPSA) is 34.4 Å². The molecule has 6 heteroatoms. The molecule has 0 saturated carbocycles. The molecule has 0 aliphatic heterocycles. The molecule has 1 unspecified atom stereocenters. The number of nitrogens with zero attached hydrogens (tertiary/aromatic N) is 2. The van der Waals surface area contributed by atoms with Crippen LogP contribution in [0.25, 0.3) is 5.65 Å². The molecule has 3 rings (SSSR count). The third kappa shape index (κ3) is 3.06. The van der Waals surface area contributed by atoms with Crippen LogP contribution in [0.1, 0.15) is 16.8 Å². The summed E-state index contributed by atoms with van der Waals surface area (Å²) in [5, 5.41) is 0. The first-order valence-electron chi connectivity index (χ1n) is 6.75. The van der Waals surface area contributed by atoms with E-state index in [0.717, 1.165) is 29.0 Å². The summed E-state index contributed by atoms with van der Waals surface area (Å²) >= 11 is 0. The van der Waals surface area contributed by atoms with Crippen LogP contribution in [0.2, 0.25) is 0 Å². The lowest BCUT2D eigenvalue weighted by atomic mass is 10.2. The van der Waals surface area contributed by atoms with Gasteiger partial charge in [-0.15, -0.1) is 0 Å². The van der Waals surface area contributed by atoms with Crippen molar-refractivity contribution in [2.75, 3.05) is 0 Å². The van der Waals surface area contributed by atoms with Gasteiger partial charge in [-0.25, -0.2) is 13.8 Å². The zero-order valence-corrected chi connectivity index (χ0v) is 12.7. The third-order valence-electron chi connectivity index (χ3n) is 3.35. The monoisotopic (exact) mass is 320 g/mol. The molecule has 0 amide bonds. The maximum atomic E-state index is 13.2. The van der Waals surface area contributed by atoms with Crippen molar-refractivity contribution >= 4 is 16.4 Å². The molecular weight excluding hydrogens is 306 g/mol. The van der Waals surface area contributed by atoms with E-state index in [1.54, 1.807) is 0 Å². The zero-order valence-electron chi connectivity index (χ0n) is 11.9. The summed E-state index contributed by atoms with van der Waals surface area (Å²) in [6, 6.07) is 7.47. The molecular formula is C16H14F2N2OS. The molecule has 114 valence electrons. The molecule has 2 heterocycles. The number of fused-ring (bicyclic) bond motifs is 1. The van der Waals surface area contributed by atoms with Gasteiger partial charge in [-0.2, -0.15) is 0 Å². The summed E-state index contributed by atoms with van der Waals surface area (Å²) in [7, 11) is -1.24.